The maximum Gasteiger partial charge on any atom is 0.252 e. The van der Waals surface area contributed by atoms with Crippen molar-refractivity contribution in [2.45, 2.75) is 6.42 Å². The first kappa shape index (κ1) is 15.5. The van der Waals surface area contributed by atoms with Crippen molar-refractivity contribution in [3.8, 4) is 5.75 Å². The van der Waals surface area contributed by atoms with Crippen molar-refractivity contribution in [1.29, 1.82) is 0 Å². The monoisotopic (exact) mass is 351 g/mol. The van der Waals surface area contributed by atoms with Crippen LogP contribution < -0.4 is 10.1 Å². The smallest absolute Gasteiger partial charge is 0.252 e. The molecular weight excluding hydrogens is 337 g/mol. The van der Waals surface area contributed by atoms with Crippen molar-refractivity contribution in [1.82, 2.24) is 5.32 Å². The van der Waals surface area contributed by atoms with Gasteiger partial charge in [0.2, 0.25) is 0 Å². The summed E-state index contributed by atoms with van der Waals surface area (Å²) in [6, 6.07) is 13.5. The molecule has 1 N–H and O–H groups in total. The average molecular weight is 352 g/mol. The largest absolute Gasteiger partial charge is 0.494 e. The number of amides is 1. The quantitative estimate of drug-likeness (QED) is 0.804. The number of hydrogen-bond acceptors (Lipinski definition) is 2. The number of hydrogen-bond donors (Lipinski definition) is 1. The standard InChI is InChI=1S/C16H15BrFNO2/c17-15-8-7-12(18)11-14(15)16(20)19-9-4-10-21-13-5-2-1-3-6-13/h1-3,5-8,11H,4,9-10H2,(H,19,20). The third-order valence-corrected chi connectivity index (χ3v) is 3.48. The summed E-state index contributed by atoms with van der Waals surface area (Å²) < 4.78 is 19.2. The Morgan fingerprint density at radius 1 is 1.19 bits per heavy atom. The number of ether oxygens (including phenoxy) is 1. The van der Waals surface area contributed by atoms with Crippen molar-refractivity contribution < 1.29 is 13.9 Å². The van der Waals surface area contributed by atoms with Crippen LogP contribution in [0.25, 0.3) is 0 Å². The van der Waals surface area contributed by atoms with Gasteiger partial charge in [0.05, 0.1) is 12.2 Å². The number of benzene rings is 2. The molecule has 0 saturated heterocycles. The lowest BCUT2D eigenvalue weighted by atomic mass is 10.2. The zero-order valence-electron chi connectivity index (χ0n) is 11.3. The number of para-hydroxylation sites is 1. The van der Waals surface area contributed by atoms with Crippen molar-refractivity contribution in [3.63, 3.8) is 0 Å². The summed E-state index contributed by atoms with van der Waals surface area (Å²) in [5.41, 5.74) is 0.291. The van der Waals surface area contributed by atoms with Gasteiger partial charge in [0.15, 0.2) is 0 Å². The van der Waals surface area contributed by atoms with Gasteiger partial charge in [0.25, 0.3) is 5.91 Å². The van der Waals surface area contributed by atoms with Crippen LogP contribution in [-0.4, -0.2) is 19.1 Å². The highest BCUT2D eigenvalue weighted by Crippen LogP contribution is 2.17. The molecule has 0 aliphatic heterocycles. The SMILES string of the molecule is O=C(NCCCOc1ccccc1)c1cc(F)ccc1Br. The molecule has 0 aliphatic rings. The lowest BCUT2D eigenvalue weighted by molar-refractivity contribution is 0.0950. The van der Waals surface area contributed by atoms with Crippen LogP contribution in [-0.2, 0) is 0 Å². The summed E-state index contributed by atoms with van der Waals surface area (Å²) in [6.45, 7) is 0.975. The Labute approximate surface area is 131 Å². The van der Waals surface area contributed by atoms with E-state index in [1.54, 1.807) is 0 Å². The Hall–Kier alpha value is -1.88. The summed E-state index contributed by atoms with van der Waals surface area (Å²) in [6.07, 6.45) is 0.674. The molecule has 0 bridgehead atoms. The second-order valence-electron chi connectivity index (χ2n) is 4.40. The summed E-state index contributed by atoms with van der Waals surface area (Å²) >= 11 is 3.23. The summed E-state index contributed by atoms with van der Waals surface area (Å²) in [4.78, 5) is 11.9. The van der Waals surface area contributed by atoms with Crippen LogP contribution in [0.2, 0.25) is 0 Å². The number of rotatable bonds is 6. The third kappa shape index (κ3) is 4.86. The van der Waals surface area contributed by atoms with Crippen molar-refractivity contribution >= 4 is 21.8 Å². The van der Waals surface area contributed by atoms with E-state index in [-0.39, 0.29) is 5.91 Å². The average Bonchev–Trinajstić information content (AvgIpc) is 2.50. The first-order valence-electron chi connectivity index (χ1n) is 6.58. The van der Waals surface area contributed by atoms with Crippen LogP contribution >= 0.6 is 15.9 Å². The third-order valence-electron chi connectivity index (χ3n) is 2.79. The highest BCUT2D eigenvalue weighted by Gasteiger charge is 2.10. The van der Waals surface area contributed by atoms with Gasteiger partial charge in [-0.15, -0.1) is 0 Å². The van der Waals surface area contributed by atoms with E-state index in [2.05, 4.69) is 21.2 Å². The fourth-order valence-corrected chi connectivity index (χ4v) is 2.17. The van der Waals surface area contributed by atoms with Crippen LogP contribution in [0.15, 0.2) is 53.0 Å². The molecule has 0 spiro atoms. The highest BCUT2D eigenvalue weighted by atomic mass is 79.9. The Bertz CT molecular complexity index is 604. The van der Waals surface area contributed by atoms with Crippen molar-refractivity contribution in [2.75, 3.05) is 13.2 Å². The Morgan fingerprint density at radius 3 is 2.71 bits per heavy atom. The zero-order valence-corrected chi connectivity index (χ0v) is 12.9. The predicted octanol–water partition coefficient (Wildman–Crippen LogP) is 3.79. The lowest BCUT2D eigenvalue weighted by Crippen LogP contribution is -2.26. The number of carbonyl (C=O) groups is 1. The molecule has 0 heterocycles. The van der Waals surface area contributed by atoms with E-state index in [9.17, 15) is 9.18 Å². The van der Waals surface area contributed by atoms with E-state index in [0.29, 0.717) is 29.6 Å². The summed E-state index contributed by atoms with van der Waals surface area (Å²) in [5, 5.41) is 2.74. The number of halogens is 2. The normalized spacial score (nSPS) is 10.2. The van der Waals surface area contributed by atoms with E-state index in [1.165, 1.54) is 18.2 Å². The Morgan fingerprint density at radius 2 is 1.95 bits per heavy atom. The molecule has 0 radical (unpaired) electrons. The van der Waals surface area contributed by atoms with Gasteiger partial charge < -0.3 is 10.1 Å². The summed E-state index contributed by atoms with van der Waals surface area (Å²) in [7, 11) is 0. The maximum atomic E-state index is 13.1. The molecule has 0 atom stereocenters. The molecule has 2 aromatic carbocycles. The Kier molecular flexibility index (Phi) is 5.75. The summed E-state index contributed by atoms with van der Waals surface area (Å²) in [5.74, 6) is 0.0635. The van der Waals surface area contributed by atoms with E-state index >= 15 is 0 Å². The van der Waals surface area contributed by atoms with Gasteiger partial charge in [0, 0.05) is 11.0 Å². The maximum absolute atomic E-state index is 13.1. The van der Waals surface area contributed by atoms with E-state index in [1.807, 2.05) is 30.3 Å². The minimum atomic E-state index is -0.434. The second kappa shape index (κ2) is 7.78. The fourth-order valence-electron chi connectivity index (χ4n) is 1.75. The van der Waals surface area contributed by atoms with Gasteiger partial charge in [-0.05, 0) is 52.7 Å². The number of nitrogens with one attached hydrogen (secondary N) is 1. The molecule has 3 nitrogen and oxygen atoms in total. The molecule has 2 rings (SSSR count). The van der Waals surface area contributed by atoms with Gasteiger partial charge in [-0.2, -0.15) is 0 Å². The fraction of sp³-hybridized carbons (Fsp3) is 0.188. The van der Waals surface area contributed by atoms with Gasteiger partial charge >= 0.3 is 0 Å². The van der Waals surface area contributed by atoms with Gasteiger partial charge in [0.1, 0.15) is 11.6 Å². The second-order valence-corrected chi connectivity index (χ2v) is 5.25. The van der Waals surface area contributed by atoms with Gasteiger partial charge in [-0.1, -0.05) is 18.2 Å². The van der Waals surface area contributed by atoms with E-state index in [4.69, 9.17) is 4.74 Å². The van der Waals surface area contributed by atoms with Crippen molar-refractivity contribution in [2.24, 2.45) is 0 Å². The molecule has 0 unspecified atom stereocenters. The molecule has 0 aliphatic carbocycles. The minimum Gasteiger partial charge on any atom is -0.494 e. The van der Waals surface area contributed by atoms with Crippen molar-refractivity contribution in [3.05, 3.63) is 64.4 Å². The molecule has 1 amide bonds. The molecule has 110 valence electrons. The van der Waals surface area contributed by atoms with E-state index < -0.39 is 5.82 Å². The van der Waals surface area contributed by atoms with Crippen LogP contribution in [0.5, 0.6) is 5.75 Å². The van der Waals surface area contributed by atoms with Crippen LogP contribution in [0.3, 0.4) is 0 Å². The molecular formula is C16H15BrFNO2. The molecule has 0 aromatic heterocycles. The first-order chi connectivity index (χ1) is 10.2. The zero-order chi connectivity index (χ0) is 15.1. The Balaban J connectivity index is 1.73. The molecule has 21 heavy (non-hydrogen) atoms. The molecule has 5 heteroatoms. The highest BCUT2D eigenvalue weighted by molar-refractivity contribution is 9.10. The van der Waals surface area contributed by atoms with Crippen LogP contribution in [0.4, 0.5) is 4.39 Å². The van der Waals surface area contributed by atoms with E-state index in [0.717, 1.165) is 5.75 Å². The number of carbonyl (C=O) groups excluding carboxylic acids is 1. The van der Waals surface area contributed by atoms with Gasteiger partial charge in [-0.3, -0.25) is 4.79 Å². The van der Waals surface area contributed by atoms with Crippen LogP contribution in [0, 0.1) is 5.82 Å². The first-order valence-corrected chi connectivity index (χ1v) is 7.37. The minimum absolute atomic E-state index is 0.291. The lowest BCUT2D eigenvalue weighted by Gasteiger charge is -2.08. The predicted molar refractivity (Wildman–Crippen MR) is 83.0 cm³/mol. The van der Waals surface area contributed by atoms with Gasteiger partial charge in [-0.25, -0.2) is 4.39 Å². The van der Waals surface area contributed by atoms with Crippen LogP contribution in [0.1, 0.15) is 16.8 Å². The molecule has 2 aromatic rings. The topological polar surface area (TPSA) is 38.3 Å². The molecule has 0 saturated carbocycles. The molecule has 0 fully saturated rings.